The Bertz CT molecular complexity index is 363. The van der Waals surface area contributed by atoms with E-state index in [9.17, 15) is 4.79 Å². The van der Waals surface area contributed by atoms with Crippen molar-refractivity contribution < 1.29 is 9.53 Å². The highest BCUT2D eigenvalue weighted by atomic mass is 16.5. The number of hydrogen-bond acceptors (Lipinski definition) is 5. The van der Waals surface area contributed by atoms with Crippen LogP contribution in [0, 0.1) is 5.41 Å². The Balaban J connectivity index is 0. The van der Waals surface area contributed by atoms with E-state index in [0.717, 1.165) is 6.42 Å². The number of Topliss-reactive ketones (excluding diaryl/α,β-unsaturated/α-hetero) is 1. The van der Waals surface area contributed by atoms with E-state index < -0.39 is 0 Å². The lowest BCUT2D eigenvalue weighted by Crippen LogP contribution is -2.40. The Kier molecular flexibility index (Phi) is 12.1. The van der Waals surface area contributed by atoms with Crippen molar-refractivity contribution in [1.82, 2.24) is 5.01 Å². The van der Waals surface area contributed by atoms with Gasteiger partial charge in [0.25, 0.3) is 0 Å². The molecule has 0 rings (SSSR count). The molecule has 0 unspecified atom stereocenters. The molecule has 0 atom stereocenters. The lowest BCUT2D eigenvalue weighted by molar-refractivity contribution is -0.116. The number of ether oxygens (including phenoxy) is 1. The van der Waals surface area contributed by atoms with Gasteiger partial charge in [-0.05, 0) is 33.6 Å². The zero-order valence-corrected chi connectivity index (χ0v) is 16.5. The van der Waals surface area contributed by atoms with Gasteiger partial charge in [0.2, 0.25) is 0 Å². The van der Waals surface area contributed by atoms with Gasteiger partial charge in [0.15, 0.2) is 0 Å². The molecule has 138 valence electrons. The summed E-state index contributed by atoms with van der Waals surface area (Å²) in [4.78, 5) is 10.9. The van der Waals surface area contributed by atoms with Crippen LogP contribution in [0.15, 0.2) is 11.9 Å². The van der Waals surface area contributed by atoms with E-state index in [0.29, 0.717) is 31.7 Å². The van der Waals surface area contributed by atoms with Gasteiger partial charge < -0.3 is 20.3 Å². The van der Waals surface area contributed by atoms with E-state index in [2.05, 4.69) is 34.6 Å². The van der Waals surface area contributed by atoms with E-state index in [-0.39, 0.29) is 16.8 Å². The number of allylic oxidation sites excluding steroid dienone is 1. The van der Waals surface area contributed by atoms with Crippen LogP contribution in [-0.2, 0) is 9.53 Å². The first-order valence-electron chi connectivity index (χ1n) is 8.58. The lowest BCUT2D eigenvalue weighted by Gasteiger charge is -2.33. The van der Waals surface area contributed by atoms with Crippen molar-refractivity contribution in [2.24, 2.45) is 17.0 Å². The number of rotatable bonds is 10. The molecule has 0 aliphatic heterocycles. The number of hydrazine groups is 1. The SMILES string of the molecule is CC.CCC(C)(C)OCC(C)(C)CN(N)/C=C(\N)CCC(C)=O. The topological polar surface area (TPSA) is 81.6 Å². The van der Waals surface area contributed by atoms with E-state index >= 15 is 0 Å². The van der Waals surface area contributed by atoms with Gasteiger partial charge in [-0.2, -0.15) is 0 Å². The minimum atomic E-state index is -0.118. The van der Waals surface area contributed by atoms with Gasteiger partial charge >= 0.3 is 0 Å². The quantitative estimate of drug-likeness (QED) is 0.473. The Hall–Kier alpha value is -1.07. The first-order valence-corrected chi connectivity index (χ1v) is 8.58. The van der Waals surface area contributed by atoms with Crippen LogP contribution < -0.4 is 11.6 Å². The van der Waals surface area contributed by atoms with Gasteiger partial charge in [-0.3, -0.25) is 0 Å². The molecule has 0 aromatic carbocycles. The Labute approximate surface area is 143 Å². The molecule has 0 radical (unpaired) electrons. The van der Waals surface area contributed by atoms with Gasteiger partial charge in [-0.25, -0.2) is 5.84 Å². The van der Waals surface area contributed by atoms with Crippen LogP contribution in [0.2, 0.25) is 0 Å². The average Bonchev–Trinajstić information content (AvgIpc) is 2.45. The molecule has 0 fully saturated rings. The molecule has 0 saturated heterocycles. The third-order valence-corrected chi connectivity index (χ3v) is 3.41. The molecule has 0 bridgehead atoms. The van der Waals surface area contributed by atoms with Crippen LogP contribution in [-0.4, -0.2) is 29.5 Å². The number of hydrogen-bond donors (Lipinski definition) is 2. The van der Waals surface area contributed by atoms with Crippen molar-refractivity contribution in [2.45, 2.75) is 80.3 Å². The summed E-state index contributed by atoms with van der Waals surface area (Å²) in [6.45, 7) is 17.3. The predicted octanol–water partition coefficient (Wildman–Crippen LogP) is 3.59. The summed E-state index contributed by atoms with van der Waals surface area (Å²) in [5.74, 6) is 6.11. The third kappa shape index (κ3) is 14.3. The smallest absolute Gasteiger partial charge is 0.130 e. The molecule has 5 heteroatoms. The minimum Gasteiger partial charge on any atom is -0.401 e. The van der Waals surface area contributed by atoms with Crippen molar-refractivity contribution in [3.8, 4) is 0 Å². The van der Waals surface area contributed by atoms with Crippen molar-refractivity contribution in [2.75, 3.05) is 13.2 Å². The molecule has 0 aromatic rings. The van der Waals surface area contributed by atoms with E-state index in [4.69, 9.17) is 16.3 Å². The maximum atomic E-state index is 10.9. The molecule has 0 saturated carbocycles. The summed E-state index contributed by atoms with van der Waals surface area (Å²) in [5, 5.41) is 1.58. The van der Waals surface area contributed by atoms with Crippen molar-refractivity contribution in [3.63, 3.8) is 0 Å². The molecule has 23 heavy (non-hydrogen) atoms. The zero-order chi connectivity index (χ0) is 18.7. The van der Waals surface area contributed by atoms with Crippen molar-refractivity contribution in [3.05, 3.63) is 11.9 Å². The fraction of sp³-hybridized carbons (Fsp3) is 0.833. The Morgan fingerprint density at radius 2 is 1.70 bits per heavy atom. The number of carbonyl (C=O) groups excluding carboxylic acids is 1. The van der Waals surface area contributed by atoms with Gasteiger partial charge in [-0.1, -0.05) is 34.6 Å². The van der Waals surface area contributed by atoms with E-state index in [1.165, 1.54) is 0 Å². The number of nitrogens with two attached hydrogens (primary N) is 2. The summed E-state index contributed by atoms with van der Waals surface area (Å²) in [6, 6.07) is 0. The van der Waals surface area contributed by atoms with E-state index in [1.807, 2.05) is 13.8 Å². The van der Waals surface area contributed by atoms with Crippen LogP contribution in [0.25, 0.3) is 0 Å². The molecule has 4 N–H and O–H groups in total. The highest BCUT2D eigenvalue weighted by Crippen LogP contribution is 2.22. The lowest BCUT2D eigenvalue weighted by atomic mass is 9.94. The maximum absolute atomic E-state index is 10.9. The first-order chi connectivity index (χ1) is 10.5. The second-order valence-electron chi connectivity index (χ2n) is 7.14. The maximum Gasteiger partial charge on any atom is 0.130 e. The third-order valence-electron chi connectivity index (χ3n) is 3.41. The van der Waals surface area contributed by atoms with Crippen molar-refractivity contribution >= 4 is 5.78 Å². The number of nitrogens with zero attached hydrogens (tertiary/aromatic N) is 1. The van der Waals surface area contributed by atoms with Gasteiger partial charge in [-0.15, -0.1) is 0 Å². The molecule has 0 amide bonds. The first kappa shape index (κ1) is 24.2. The molecular formula is C18H39N3O2. The molecular weight excluding hydrogens is 290 g/mol. The molecule has 0 aliphatic rings. The monoisotopic (exact) mass is 329 g/mol. The van der Waals surface area contributed by atoms with Crippen LogP contribution in [0.5, 0.6) is 0 Å². The van der Waals surface area contributed by atoms with Crippen LogP contribution >= 0.6 is 0 Å². The standard InChI is InChI=1S/C16H33N3O2.C2H6/c1-7-16(5,6)21-12-15(3,4)11-19(18)10-14(17)9-8-13(2)20;1-2/h10H,7-9,11-12,17-18H2,1-6H3;1-2H3/b14-10-;. The zero-order valence-electron chi connectivity index (χ0n) is 16.5. The highest BCUT2D eigenvalue weighted by molar-refractivity contribution is 5.75. The Morgan fingerprint density at radius 1 is 1.17 bits per heavy atom. The number of ketones is 1. The van der Waals surface area contributed by atoms with E-state index in [1.54, 1.807) is 18.1 Å². The summed E-state index contributed by atoms with van der Waals surface area (Å²) >= 11 is 0. The molecule has 0 spiro atoms. The number of carbonyl (C=O) groups is 1. The largest absolute Gasteiger partial charge is 0.401 e. The summed E-state index contributed by atoms with van der Waals surface area (Å²) in [5.41, 5.74) is 6.28. The normalized spacial score (nSPS) is 12.5. The van der Waals surface area contributed by atoms with Crippen LogP contribution in [0.4, 0.5) is 0 Å². The summed E-state index contributed by atoms with van der Waals surface area (Å²) in [7, 11) is 0. The van der Waals surface area contributed by atoms with Crippen molar-refractivity contribution in [1.29, 1.82) is 0 Å². The van der Waals surface area contributed by atoms with Gasteiger partial charge in [0.05, 0.1) is 12.2 Å². The average molecular weight is 330 g/mol. The second-order valence-corrected chi connectivity index (χ2v) is 7.14. The Morgan fingerprint density at radius 3 is 2.13 bits per heavy atom. The second kappa shape index (κ2) is 11.5. The summed E-state index contributed by atoms with van der Waals surface area (Å²) in [6.07, 6.45) is 3.67. The van der Waals surface area contributed by atoms with Crippen LogP contribution in [0.3, 0.4) is 0 Å². The molecule has 0 heterocycles. The highest BCUT2D eigenvalue weighted by Gasteiger charge is 2.25. The van der Waals surface area contributed by atoms with Gasteiger partial charge in [0, 0.05) is 30.3 Å². The minimum absolute atomic E-state index is 0.0848. The van der Waals surface area contributed by atoms with Gasteiger partial charge in [0.1, 0.15) is 5.78 Å². The predicted molar refractivity (Wildman–Crippen MR) is 98.5 cm³/mol. The molecule has 0 aromatic heterocycles. The molecule has 0 aliphatic carbocycles. The van der Waals surface area contributed by atoms with Crippen LogP contribution in [0.1, 0.15) is 74.7 Å². The molecule has 5 nitrogen and oxygen atoms in total. The summed E-state index contributed by atoms with van der Waals surface area (Å²) < 4.78 is 5.95. The fourth-order valence-corrected chi connectivity index (χ4v) is 1.68. The fourth-order valence-electron chi connectivity index (χ4n) is 1.68.